The summed E-state index contributed by atoms with van der Waals surface area (Å²) in [5.41, 5.74) is 4.62. The highest BCUT2D eigenvalue weighted by Crippen LogP contribution is 2.46. The van der Waals surface area contributed by atoms with Crippen molar-refractivity contribution in [3.63, 3.8) is 0 Å². The monoisotopic (exact) mass is 902 g/mol. The zero-order valence-corrected chi connectivity index (χ0v) is 37.5. The van der Waals surface area contributed by atoms with E-state index in [-0.39, 0.29) is 24.0 Å². The van der Waals surface area contributed by atoms with Gasteiger partial charge in [0.25, 0.3) is 5.82 Å². The van der Waals surface area contributed by atoms with Crippen molar-refractivity contribution in [2.75, 3.05) is 22.9 Å². The maximum Gasteiger partial charge on any atom is 0.282 e. The quantitative estimate of drug-likeness (QED) is 0.0506. The molecule has 0 saturated carbocycles. The van der Waals surface area contributed by atoms with E-state index in [0.29, 0.717) is 20.1 Å². The Morgan fingerprint density at radius 2 is 0.981 bits per heavy atom. The zero-order valence-electron chi connectivity index (χ0n) is 32.3. The number of nitrogens with zero attached hydrogens (tertiary/aromatic N) is 4. The van der Waals surface area contributed by atoms with Crippen LogP contribution in [0.15, 0.2) is 42.2 Å². The summed E-state index contributed by atoms with van der Waals surface area (Å²) in [6, 6.07) is 8.28. The first kappa shape index (κ1) is 45.3. The van der Waals surface area contributed by atoms with Gasteiger partial charge in [0, 0.05) is 31.3 Å². The lowest BCUT2D eigenvalue weighted by Gasteiger charge is -2.25. The van der Waals surface area contributed by atoms with Crippen LogP contribution in [-0.4, -0.2) is 17.7 Å². The van der Waals surface area contributed by atoms with E-state index in [1.54, 1.807) is 0 Å². The highest BCUT2D eigenvalue weighted by Gasteiger charge is 2.32. The van der Waals surface area contributed by atoms with Gasteiger partial charge in [-0.15, -0.1) is 0 Å². The second-order valence-electron chi connectivity index (χ2n) is 14.3. The van der Waals surface area contributed by atoms with Crippen molar-refractivity contribution >= 4 is 74.9 Å². The van der Waals surface area contributed by atoms with Crippen LogP contribution in [0.3, 0.4) is 0 Å². The molecule has 0 bridgehead atoms. The van der Waals surface area contributed by atoms with Gasteiger partial charge in [-0.05, 0) is 56.7 Å². The molecule has 0 radical (unpaired) electrons. The summed E-state index contributed by atoms with van der Waals surface area (Å²) in [5.74, 6) is 2.40. The third-order valence-electron chi connectivity index (χ3n) is 10.2. The Balaban J connectivity index is 0.00000729. The van der Waals surface area contributed by atoms with Crippen molar-refractivity contribution in [1.82, 2.24) is 4.57 Å². The van der Waals surface area contributed by atoms with E-state index < -0.39 is 0 Å². The molecule has 0 spiro atoms. The van der Waals surface area contributed by atoms with Crippen molar-refractivity contribution in [2.24, 2.45) is 0 Å². The molecule has 0 N–H and O–H groups in total. The van der Waals surface area contributed by atoms with Gasteiger partial charge < -0.3 is 33.8 Å². The Bertz CT molecular complexity index is 1580. The van der Waals surface area contributed by atoms with E-state index in [4.69, 9.17) is 46.4 Å². The van der Waals surface area contributed by atoms with Crippen LogP contribution in [0.5, 0.6) is 0 Å². The van der Waals surface area contributed by atoms with Gasteiger partial charge in [-0.1, -0.05) is 157 Å². The lowest BCUT2D eigenvalue weighted by Crippen LogP contribution is -3.00. The zero-order chi connectivity index (χ0) is 36.6. The SMILES string of the molecule is CCCCCCCCN1/C(=C/C=C/c2n(CCCCCCCC)c3cc(Cl)c(Cl)cc3[n+]2CCCCC)N(CCCCC)c2cc(Cl)c(Cl)cc21.[I-]. The van der Waals surface area contributed by atoms with Gasteiger partial charge in [0.1, 0.15) is 5.82 Å². The molecule has 290 valence electrons. The summed E-state index contributed by atoms with van der Waals surface area (Å²) in [6.07, 6.45) is 28.9. The smallest absolute Gasteiger partial charge is 0.282 e. The van der Waals surface area contributed by atoms with Gasteiger partial charge in [0.2, 0.25) is 0 Å². The minimum absolute atomic E-state index is 0. The maximum atomic E-state index is 6.67. The average molecular weight is 905 g/mol. The van der Waals surface area contributed by atoms with Crippen LogP contribution in [0.25, 0.3) is 17.1 Å². The summed E-state index contributed by atoms with van der Waals surface area (Å²) >= 11 is 26.7. The summed E-state index contributed by atoms with van der Waals surface area (Å²) in [7, 11) is 0. The largest absolute Gasteiger partial charge is 1.00 e. The number of hydrogen-bond donors (Lipinski definition) is 0. The number of unbranched alkanes of at least 4 members (excludes halogenated alkanes) is 14. The number of benzene rings is 2. The van der Waals surface area contributed by atoms with Gasteiger partial charge in [0.05, 0.1) is 44.6 Å². The van der Waals surface area contributed by atoms with Crippen LogP contribution in [0.2, 0.25) is 20.1 Å². The second kappa shape index (κ2) is 24.4. The molecule has 3 aromatic rings. The van der Waals surface area contributed by atoms with E-state index in [0.717, 1.165) is 74.3 Å². The number of halogens is 5. The first-order valence-electron chi connectivity index (χ1n) is 20.2. The lowest BCUT2D eigenvalue weighted by molar-refractivity contribution is -0.674. The molecule has 1 aliphatic rings. The molecular formula is C43H63Cl4IN4. The van der Waals surface area contributed by atoms with E-state index in [2.05, 4.69) is 89.1 Å². The molecule has 0 unspecified atom stereocenters. The molecule has 0 saturated heterocycles. The number of allylic oxidation sites excluding steroid dienone is 2. The van der Waals surface area contributed by atoms with E-state index in [1.807, 2.05) is 0 Å². The van der Waals surface area contributed by atoms with Gasteiger partial charge in [-0.25, -0.2) is 9.13 Å². The molecule has 0 amide bonds. The standard InChI is InChI=1S/C43H63Cl4N4.HI/c1-5-9-13-15-17-21-28-50-40-32-36(46)34(44)30-38(40)48(26-19-11-7-3)42(50)24-23-25-43-49(27-20-12-8-4)39-31-35(45)37(47)33-41(39)51(43)29-22-18-16-14-10-6-2;/h23-25,30-33H,5-22,26-29H2,1-4H3;1H/q+1;/p-1. The van der Waals surface area contributed by atoms with Crippen LogP contribution < -0.4 is 38.3 Å². The molecule has 1 aliphatic heterocycles. The molecule has 0 fully saturated rings. The molecule has 2 aromatic carbocycles. The van der Waals surface area contributed by atoms with Crippen LogP contribution >= 0.6 is 46.4 Å². The average Bonchev–Trinajstić information content (AvgIpc) is 3.54. The number of anilines is 2. The van der Waals surface area contributed by atoms with Gasteiger partial charge >= 0.3 is 0 Å². The maximum absolute atomic E-state index is 6.67. The van der Waals surface area contributed by atoms with Crippen molar-refractivity contribution < 1.29 is 28.5 Å². The van der Waals surface area contributed by atoms with Crippen molar-refractivity contribution in [3.05, 3.63) is 68.2 Å². The fourth-order valence-electron chi connectivity index (χ4n) is 7.36. The predicted octanol–water partition coefficient (Wildman–Crippen LogP) is 11.8. The van der Waals surface area contributed by atoms with E-state index in [9.17, 15) is 0 Å². The molecule has 0 aliphatic carbocycles. The number of hydrogen-bond acceptors (Lipinski definition) is 2. The molecule has 0 atom stereocenters. The van der Waals surface area contributed by atoms with Crippen LogP contribution in [0.1, 0.15) is 149 Å². The molecule has 1 aromatic heterocycles. The molecule has 2 heterocycles. The molecule has 4 nitrogen and oxygen atoms in total. The highest BCUT2D eigenvalue weighted by atomic mass is 127. The number of aryl methyl sites for hydroxylation is 2. The first-order valence-corrected chi connectivity index (χ1v) is 21.7. The molecule has 4 rings (SSSR count). The summed E-state index contributed by atoms with van der Waals surface area (Å²) < 4.78 is 4.95. The van der Waals surface area contributed by atoms with Gasteiger partial charge in [0.15, 0.2) is 11.0 Å². The lowest BCUT2D eigenvalue weighted by atomic mass is 10.1. The molecular weight excluding hydrogens is 841 g/mol. The molecule has 9 heteroatoms. The summed E-state index contributed by atoms with van der Waals surface area (Å²) in [4.78, 5) is 4.95. The van der Waals surface area contributed by atoms with Gasteiger partial charge in [-0.2, -0.15) is 0 Å². The second-order valence-corrected chi connectivity index (χ2v) is 15.9. The van der Waals surface area contributed by atoms with Gasteiger partial charge in [-0.3, -0.25) is 0 Å². The number of rotatable bonds is 24. The third-order valence-corrected chi connectivity index (χ3v) is 11.7. The number of imidazole rings is 1. The number of fused-ring (bicyclic) bond motifs is 2. The Morgan fingerprint density at radius 3 is 1.56 bits per heavy atom. The minimum atomic E-state index is 0. The van der Waals surface area contributed by atoms with Crippen molar-refractivity contribution in [1.29, 1.82) is 0 Å². The fourth-order valence-corrected chi connectivity index (χ4v) is 7.99. The highest BCUT2D eigenvalue weighted by molar-refractivity contribution is 6.43. The van der Waals surface area contributed by atoms with Crippen LogP contribution in [0.4, 0.5) is 11.4 Å². The fraction of sp³-hybridized carbons (Fsp3) is 0.605. The Hall–Kier alpha value is -1.12. The summed E-state index contributed by atoms with van der Waals surface area (Å²) in [6.45, 7) is 12.9. The van der Waals surface area contributed by atoms with Crippen molar-refractivity contribution in [3.8, 4) is 0 Å². The summed E-state index contributed by atoms with van der Waals surface area (Å²) in [5, 5.41) is 2.44. The Kier molecular flexibility index (Phi) is 21.2. The van der Waals surface area contributed by atoms with Crippen LogP contribution in [0, 0.1) is 0 Å². The normalized spacial score (nSPS) is 13.7. The predicted molar refractivity (Wildman–Crippen MR) is 226 cm³/mol. The third kappa shape index (κ3) is 12.4. The van der Waals surface area contributed by atoms with E-state index >= 15 is 0 Å². The minimum Gasteiger partial charge on any atom is -1.00 e. The van der Waals surface area contributed by atoms with E-state index in [1.165, 1.54) is 102 Å². The van der Waals surface area contributed by atoms with Crippen molar-refractivity contribution in [2.45, 2.75) is 156 Å². The van der Waals surface area contributed by atoms with Crippen LogP contribution in [-0.2, 0) is 13.1 Å². The number of aromatic nitrogens is 2. The Labute approximate surface area is 352 Å². The Morgan fingerprint density at radius 1 is 0.538 bits per heavy atom. The topological polar surface area (TPSA) is 15.3 Å². The first-order chi connectivity index (χ1) is 24.9. The molecule has 52 heavy (non-hydrogen) atoms.